The number of anilines is 2. The Morgan fingerprint density at radius 1 is 1.02 bits per heavy atom. The predicted octanol–water partition coefficient (Wildman–Crippen LogP) is 4.91. The third-order valence-corrected chi connectivity index (χ3v) is 4.42. The minimum absolute atomic E-state index is 0.0531. The number of phenols is 1. The number of rotatable bonds is 4. The summed E-state index contributed by atoms with van der Waals surface area (Å²) in [5.74, 6) is -3.79. The molecule has 0 bridgehead atoms. The van der Waals surface area contributed by atoms with Crippen LogP contribution in [0.4, 0.5) is 37.8 Å². The molecule has 1 aliphatic heterocycles. The first kappa shape index (κ1) is 31.7. The average Bonchev–Trinajstić information content (AvgIpc) is 3.29. The van der Waals surface area contributed by atoms with Gasteiger partial charge in [0.25, 0.3) is 5.88 Å². The van der Waals surface area contributed by atoms with Gasteiger partial charge in [-0.2, -0.15) is 26.3 Å². The molecule has 19 heteroatoms. The van der Waals surface area contributed by atoms with Crippen LogP contribution in [0.5, 0.6) is 23.1 Å². The number of aliphatic carboxylic acids is 2. The maximum absolute atomic E-state index is 10.6. The van der Waals surface area contributed by atoms with Crippen LogP contribution in [0.15, 0.2) is 24.7 Å². The summed E-state index contributed by atoms with van der Waals surface area (Å²) in [7, 11) is 0. The zero-order chi connectivity index (χ0) is 30.4. The highest BCUT2D eigenvalue weighted by molar-refractivity contribution is 6.33. The van der Waals surface area contributed by atoms with Crippen LogP contribution in [0.2, 0.25) is 5.02 Å². The molecule has 0 radical (unpaired) electrons. The van der Waals surface area contributed by atoms with Gasteiger partial charge >= 0.3 is 24.3 Å². The van der Waals surface area contributed by atoms with Crippen molar-refractivity contribution >= 4 is 45.9 Å². The van der Waals surface area contributed by atoms with E-state index in [1.165, 1.54) is 24.7 Å². The van der Waals surface area contributed by atoms with Gasteiger partial charge in [0, 0.05) is 12.1 Å². The molecule has 0 saturated carbocycles. The summed E-state index contributed by atoms with van der Waals surface area (Å²) in [4.78, 5) is 30.4. The van der Waals surface area contributed by atoms with Gasteiger partial charge in [0.05, 0.1) is 28.2 Å². The smallest absolute Gasteiger partial charge is 0.490 e. The first-order valence-corrected chi connectivity index (χ1v) is 10.7. The number of ether oxygens (including phenoxy) is 3. The molecule has 3 aromatic rings. The van der Waals surface area contributed by atoms with Crippen molar-refractivity contribution in [2.45, 2.75) is 32.3 Å². The number of benzene rings is 1. The fraction of sp³-hybridized carbons (Fsp3) is 0.286. The van der Waals surface area contributed by atoms with Gasteiger partial charge in [-0.15, -0.1) is 0 Å². The second-order valence-electron chi connectivity index (χ2n) is 7.48. The van der Waals surface area contributed by atoms with E-state index >= 15 is 0 Å². The molecule has 2 aromatic heterocycles. The number of carboxylic acid groups (broad SMARTS) is 2. The van der Waals surface area contributed by atoms with E-state index in [1.54, 1.807) is 0 Å². The molecular formula is C21H17ClF6N4O8. The van der Waals surface area contributed by atoms with Crippen LogP contribution in [0.25, 0.3) is 10.9 Å². The van der Waals surface area contributed by atoms with E-state index in [9.17, 15) is 31.4 Å². The Kier molecular flexibility index (Phi) is 9.98. The van der Waals surface area contributed by atoms with Crippen molar-refractivity contribution in [3.05, 3.63) is 29.7 Å². The summed E-state index contributed by atoms with van der Waals surface area (Å²) < 4.78 is 80.1. The third-order valence-electron chi connectivity index (χ3n) is 4.13. The fourth-order valence-corrected chi connectivity index (χ4v) is 2.83. The highest BCUT2D eigenvalue weighted by Crippen LogP contribution is 2.44. The number of pyridine rings is 1. The number of hydrogen-bond donors (Lipinski definition) is 4. The van der Waals surface area contributed by atoms with Crippen LogP contribution < -0.4 is 19.5 Å². The molecule has 218 valence electrons. The lowest BCUT2D eigenvalue weighted by molar-refractivity contribution is -0.193. The number of nitrogens with zero attached hydrogens (tertiary/aromatic N) is 3. The molecule has 12 nitrogen and oxygen atoms in total. The van der Waals surface area contributed by atoms with E-state index in [0.717, 1.165) is 0 Å². The zero-order valence-corrected chi connectivity index (χ0v) is 20.7. The van der Waals surface area contributed by atoms with Crippen LogP contribution in [0.1, 0.15) is 13.8 Å². The average molecular weight is 603 g/mol. The Bertz CT molecular complexity index is 1360. The second-order valence-corrected chi connectivity index (χ2v) is 7.89. The number of aromatic hydroxyl groups is 1. The van der Waals surface area contributed by atoms with E-state index in [0.29, 0.717) is 44.8 Å². The van der Waals surface area contributed by atoms with Crippen LogP contribution >= 0.6 is 11.6 Å². The molecule has 40 heavy (non-hydrogen) atoms. The van der Waals surface area contributed by atoms with E-state index in [2.05, 4.69) is 20.3 Å². The molecule has 0 atom stereocenters. The molecule has 4 rings (SSSR count). The molecule has 3 heterocycles. The molecule has 0 saturated heterocycles. The second kappa shape index (κ2) is 12.6. The lowest BCUT2D eigenvalue weighted by Crippen LogP contribution is -2.21. The summed E-state index contributed by atoms with van der Waals surface area (Å²) in [6, 6.07) is 3.06. The monoisotopic (exact) mass is 602 g/mol. The number of nitrogens with one attached hydrogen (secondary N) is 1. The topological polar surface area (TPSA) is 173 Å². The number of carboxylic acids is 2. The van der Waals surface area contributed by atoms with Crippen molar-refractivity contribution < 1.29 is 65.5 Å². The number of halogens is 7. The van der Waals surface area contributed by atoms with E-state index < -0.39 is 24.3 Å². The predicted molar refractivity (Wildman–Crippen MR) is 123 cm³/mol. The molecule has 1 aliphatic rings. The number of aromatic nitrogens is 3. The summed E-state index contributed by atoms with van der Waals surface area (Å²) in [6.45, 7) is 3.85. The maximum Gasteiger partial charge on any atom is 0.490 e. The lowest BCUT2D eigenvalue weighted by Gasteiger charge is -2.16. The molecule has 0 spiro atoms. The molecule has 0 aliphatic carbocycles. The standard InChI is InChI=1S/C17H15ClN4O4.2C2HF3O2/c1-8(2)26-12-4-9(23)3-11-13(12)16(21-6-20-11)22-14-10(18)5-19-17-15(14)24-7-25-17;2*3-2(4,5)1(6)7/h3-6,8,23H,7H2,1-2H3,(H,19,20,21,22);2*(H,6,7). The number of hydrogen-bond acceptors (Lipinski definition) is 10. The minimum atomic E-state index is -5.08. The number of alkyl halides is 6. The van der Waals surface area contributed by atoms with Gasteiger partial charge in [-0.3, -0.25) is 0 Å². The van der Waals surface area contributed by atoms with Gasteiger partial charge in [0.1, 0.15) is 29.3 Å². The fourth-order valence-electron chi connectivity index (χ4n) is 2.65. The van der Waals surface area contributed by atoms with Crippen LogP contribution in [0, 0.1) is 0 Å². The first-order valence-electron chi connectivity index (χ1n) is 10.4. The minimum Gasteiger partial charge on any atom is -0.508 e. The zero-order valence-electron chi connectivity index (χ0n) is 20.0. The molecular weight excluding hydrogens is 586 g/mol. The SMILES string of the molecule is CC(C)Oc1cc(O)cc2ncnc(Nc3c(Cl)cnc4c3OCO4)c12.O=C(O)C(F)(F)F.O=C(O)C(F)(F)F. The van der Waals surface area contributed by atoms with E-state index in [-0.39, 0.29) is 18.6 Å². The van der Waals surface area contributed by atoms with Crippen molar-refractivity contribution in [2.75, 3.05) is 12.1 Å². The Labute approximate surface area is 224 Å². The third kappa shape index (κ3) is 8.52. The van der Waals surface area contributed by atoms with Gasteiger partial charge in [0.15, 0.2) is 0 Å². The Balaban J connectivity index is 0.000000333. The number of fused-ring (bicyclic) bond motifs is 2. The van der Waals surface area contributed by atoms with Crippen molar-refractivity contribution in [3.63, 3.8) is 0 Å². The van der Waals surface area contributed by atoms with Gasteiger partial charge in [-0.1, -0.05) is 11.6 Å². The molecule has 1 aromatic carbocycles. The van der Waals surface area contributed by atoms with Gasteiger partial charge in [-0.05, 0) is 13.8 Å². The summed E-state index contributed by atoms with van der Waals surface area (Å²) >= 11 is 6.28. The van der Waals surface area contributed by atoms with Crippen molar-refractivity contribution in [2.24, 2.45) is 0 Å². The Morgan fingerprint density at radius 3 is 2.12 bits per heavy atom. The largest absolute Gasteiger partial charge is 0.508 e. The van der Waals surface area contributed by atoms with Crippen LogP contribution in [0.3, 0.4) is 0 Å². The summed E-state index contributed by atoms with van der Waals surface area (Å²) in [5.41, 5.74) is 1.01. The number of carbonyl (C=O) groups is 2. The van der Waals surface area contributed by atoms with Gasteiger partial charge in [0.2, 0.25) is 12.5 Å². The van der Waals surface area contributed by atoms with Gasteiger partial charge in [-0.25, -0.2) is 24.5 Å². The van der Waals surface area contributed by atoms with Crippen LogP contribution in [-0.2, 0) is 9.59 Å². The lowest BCUT2D eigenvalue weighted by atomic mass is 10.2. The highest BCUT2D eigenvalue weighted by atomic mass is 35.5. The van der Waals surface area contributed by atoms with E-state index in [4.69, 9.17) is 45.6 Å². The quantitative estimate of drug-likeness (QED) is 0.298. The maximum atomic E-state index is 10.6. The Morgan fingerprint density at radius 2 is 1.60 bits per heavy atom. The first-order chi connectivity index (χ1) is 18.4. The number of phenolic OH excluding ortho intramolecular Hbond substituents is 1. The molecule has 0 amide bonds. The highest BCUT2D eigenvalue weighted by Gasteiger charge is 2.38. The van der Waals surface area contributed by atoms with Crippen molar-refractivity contribution in [3.8, 4) is 23.1 Å². The van der Waals surface area contributed by atoms with Crippen LogP contribution in [-0.4, -0.2) is 67.5 Å². The normalized spacial score (nSPS) is 12.2. The summed E-state index contributed by atoms with van der Waals surface area (Å²) in [5, 5.41) is 28.3. The molecule has 0 fully saturated rings. The van der Waals surface area contributed by atoms with Gasteiger partial charge < -0.3 is 34.8 Å². The van der Waals surface area contributed by atoms with E-state index in [1.807, 2.05) is 13.8 Å². The molecule has 4 N–H and O–H groups in total. The van der Waals surface area contributed by atoms with Crippen molar-refractivity contribution in [1.82, 2.24) is 15.0 Å². The Hall–Kier alpha value is -4.48. The summed E-state index contributed by atoms with van der Waals surface area (Å²) in [6.07, 6.45) is -7.41. The van der Waals surface area contributed by atoms with Crippen molar-refractivity contribution in [1.29, 1.82) is 0 Å². The molecule has 0 unspecified atom stereocenters.